The van der Waals surface area contributed by atoms with E-state index in [0.29, 0.717) is 5.92 Å². The van der Waals surface area contributed by atoms with E-state index in [1.54, 1.807) is 0 Å². The van der Waals surface area contributed by atoms with E-state index in [2.05, 4.69) is 103 Å². The van der Waals surface area contributed by atoms with Crippen molar-refractivity contribution >= 4 is 0 Å². The number of benzene rings is 3. The van der Waals surface area contributed by atoms with Gasteiger partial charge in [0.05, 0.1) is 6.04 Å². The Hall–Kier alpha value is -2.82. The van der Waals surface area contributed by atoms with E-state index >= 15 is 0 Å². The largest absolute Gasteiger partial charge is 0.281 e. The predicted molar refractivity (Wildman–Crippen MR) is 119 cm³/mol. The van der Waals surface area contributed by atoms with Crippen LogP contribution in [0.3, 0.4) is 0 Å². The normalized spacial score (nSPS) is 11.9. The molecule has 0 saturated heterocycles. The molecular weight excluding hydrogens is 338 g/mol. The molecule has 1 nitrogen and oxygen atoms in total. The Kier molecular flexibility index (Phi) is 7.47. The molecule has 0 radical (unpaired) electrons. The lowest BCUT2D eigenvalue weighted by Gasteiger charge is -2.30. The van der Waals surface area contributed by atoms with E-state index in [0.717, 1.165) is 25.1 Å². The Balaban J connectivity index is 1.89. The first kappa shape index (κ1) is 19.9. The summed E-state index contributed by atoms with van der Waals surface area (Å²) in [5.41, 5.74) is 3.73. The van der Waals surface area contributed by atoms with Crippen molar-refractivity contribution in [1.29, 1.82) is 0 Å². The van der Waals surface area contributed by atoms with Crippen molar-refractivity contribution in [3.8, 4) is 11.8 Å². The monoisotopic (exact) mass is 367 g/mol. The van der Waals surface area contributed by atoms with Gasteiger partial charge in [-0.15, -0.1) is 0 Å². The van der Waals surface area contributed by atoms with Crippen LogP contribution < -0.4 is 0 Å². The Morgan fingerprint density at radius 2 is 1.14 bits per heavy atom. The first-order valence-corrected chi connectivity index (χ1v) is 10.1. The second-order valence-electron chi connectivity index (χ2n) is 7.66. The summed E-state index contributed by atoms with van der Waals surface area (Å²) < 4.78 is 0. The molecule has 0 amide bonds. The fourth-order valence-corrected chi connectivity index (χ4v) is 3.35. The molecule has 1 atom stereocenters. The molecule has 0 aliphatic heterocycles. The fraction of sp³-hybridized carbons (Fsp3) is 0.259. The zero-order chi connectivity index (χ0) is 19.6. The van der Waals surface area contributed by atoms with E-state index in [1.807, 2.05) is 18.2 Å². The Morgan fingerprint density at radius 1 is 0.679 bits per heavy atom. The zero-order valence-electron chi connectivity index (χ0n) is 16.9. The van der Waals surface area contributed by atoms with Crippen LogP contribution in [0.25, 0.3) is 0 Å². The summed E-state index contributed by atoms with van der Waals surface area (Å²) >= 11 is 0. The SMILES string of the molecule is CC(C)C[C@H](C#Cc1ccccc1)N(Cc1ccccc1)Cc1ccccc1. The van der Waals surface area contributed by atoms with Crippen LogP contribution in [-0.2, 0) is 13.1 Å². The molecule has 0 saturated carbocycles. The minimum atomic E-state index is 0.209. The van der Waals surface area contributed by atoms with Gasteiger partial charge in [-0.3, -0.25) is 4.90 Å². The highest BCUT2D eigenvalue weighted by atomic mass is 15.1. The van der Waals surface area contributed by atoms with Crippen LogP contribution in [0.15, 0.2) is 91.0 Å². The molecule has 0 bridgehead atoms. The molecule has 0 fully saturated rings. The molecule has 3 aromatic rings. The summed E-state index contributed by atoms with van der Waals surface area (Å²) in [4.78, 5) is 2.51. The van der Waals surface area contributed by atoms with Gasteiger partial charge in [-0.25, -0.2) is 0 Å². The third kappa shape index (κ3) is 6.41. The summed E-state index contributed by atoms with van der Waals surface area (Å²) in [5.74, 6) is 7.58. The molecule has 0 aliphatic rings. The van der Waals surface area contributed by atoms with Crippen molar-refractivity contribution in [2.45, 2.75) is 39.4 Å². The second-order valence-corrected chi connectivity index (χ2v) is 7.66. The van der Waals surface area contributed by atoms with Crippen molar-refractivity contribution in [3.63, 3.8) is 0 Å². The summed E-state index contributed by atoms with van der Waals surface area (Å²) in [7, 11) is 0. The van der Waals surface area contributed by atoms with E-state index in [1.165, 1.54) is 11.1 Å². The number of nitrogens with zero attached hydrogens (tertiary/aromatic N) is 1. The van der Waals surface area contributed by atoms with E-state index in [-0.39, 0.29) is 6.04 Å². The lowest BCUT2D eigenvalue weighted by atomic mass is 10.0. The lowest BCUT2D eigenvalue weighted by Crippen LogP contribution is -2.34. The highest BCUT2D eigenvalue weighted by Crippen LogP contribution is 2.18. The van der Waals surface area contributed by atoms with Crippen LogP contribution in [0, 0.1) is 17.8 Å². The van der Waals surface area contributed by atoms with Crippen molar-refractivity contribution in [3.05, 3.63) is 108 Å². The lowest BCUT2D eigenvalue weighted by molar-refractivity contribution is 0.196. The minimum absolute atomic E-state index is 0.209. The van der Waals surface area contributed by atoms with Crippen LogP contribution >= 0.6 is 0 Å². The highest BCUT2D eigenvalue weighted by Gasteiger charge is 2.18. The predicted octanol–water partition coefficient (Wildman–Crippen LogP) is 6.16. The third-order valence-electron chi connectivity index (χ3n) is 4.75. The number of hydrogen-bond acceptors (Lipinski definition) is 1. The fourth-order valence-electron chi connectivity index (χ4n) is 3.35. The average molecular weight is 368 g/mol. The second kappa shape index (κ2) is 10.5. The summed E-state index contributed by atoms with van der Waals surface area (Å²) in [6.07, 6.45) is 1.06. The molecule has 0 aliphatic carbocycles. The van der Waals surface area contributed by atoms with Gasteiger partial charge in [-0.2, -0.15) is 0 Å². The zero-order valence-corrected chi connectivity index (χ0v) is 16.9. The van der Waals surface area contributed by atoms with Gasteiger partial charge in [0.1, 0.15) is 0 Å². The summed E-state index contributed by atoms with van der Waals surface area (Å²) in [6, 6.07) is 31.9. The van der Waals surface area contributed by atoms with E-state index < -0.39 is 0 Å². The van der Waals surface area contributed by atoms with Crippen molar-refractivity contribution < 1.29 is 0 Å². The molecule has 0 aromatic heterocycles. The molecule has 142 valence electrons. The van der Waals surface area contributed by atoms with Gasteiger partial charge < -0.3 is 0 Å². The van der Waals surface area contributed by atoms with Crippen LogP contribution in [0.2, 0.25) is 0 Å². The standard InChI is InChI=1S/C27H29N/c1-23(2)20-27(19-18-24-12-6-3-7-13-24)28(21-25-14-8-4-9-15-25)22-26-16-10-5-11-17-26/h3-17,23,27H,20-22H2,1-2H3/t27-/m0/s1. The van der Waals surface area contributed by atoms with Crippen LogP contribution in [-0.4, -0.2) is 10.9 Å². The Bertz CT molecular complexity index is 832. The van der Waals surface area contributed by atoms with E-state index in [9.17, 15) is 0 Å². The molecule has 1 heteroatoms. The molecular formula is C27H29N. The smallest absolute Gasteiger partial charge is 0.0726 e. The van der Waals surface area contributed by atoms with Crippen molar-refractivity contribution in [2.24, 2.45) is 5.92 Å². The van der Waals surface area contributed by atoms with Crippen LogP contribution in [0.4, 0.5) is 0 Å². The topological polar surface area (TPSA) is 3.24 Å². The Morgan fingerprint density at radius 3 is 1.61 bits per heavy atom. The maximum Gasteiger partial charge on any atom is 0.0726 e. The van der Waals surface area contributed by atoms with E-state index in [4.69, 9.17) is 0 Å². The summed E-state index contributed by atoms with van der Waals surface area (Å²) in [5, 5.41) is 0. The first-order valence-electron chi connectivity index (χ1n) is 10.1. The maximum atomic E-state index is 3.58. The number of rotatable bonds is 7. The Labute approximate surface area is 170 Å². The quantitative estimate of drug-likeness (QED) is 0.452. The van der Waals surface area contributed by atoms with Crippen LogP contribution in [0.1, 0.15) is 37.0 Å². The molecule has 0 heterocycles. The highest BCUT2D eigenvalue weighted by molar-refractivity contribution is 5.35. The van der Waals surface area contributed by atoms with Gasteiger partial charge in [-0.05, 0) is 35.6 Å². The molecule has 0 unspecified atom stereocenters. The molecule has 28 heavy (non-hydrogen) atoms. The minimum Gasteiger partial charge on any atom is -0.281 e. The third-order valence-corrected chi connectivity index (χ3v) is 4.75. The van der Waals surface area contributed by atoms with Gasteiger partial charge in [0.2, 0.25) is 0 Å². The molecule has 3 aromatic carbocycles. The van der Waals surface area contributed by atoms with Gasteiger partial charge in [0.15, 0.2) is 0 Å². The van der Waals surface area contributed by atoms with Gasteiger partial charge >= 0.3 is 0 Å². The van der Waals surface area contributed by atoms with Gasteiger partial charge in [0, 0.05) is 18.7 Å². The van der Waals surface area contributed by atoms with Crippen LogP contribution in [0.5, 0.6) is 0 Å². The van der Waals surface area contributed by atoms with Crippen molar-refractivity contribution in [1.82, 2.24) is 4.90 Å². The number of hydrogen-bond donors (Lipinski definition) is 0. The molecule has 0 N–H and O–H groups in total. The summed E-state index contributed by atoms with van der Waals surface area (Å²) in [6.45, 7) is 6.36. The first-order chi connectivity index (χ1) is 13.7. The molecule has 0 spiro atoms. The van der Waals surface area contributed by atoms with Crippen molar-refractivity contribution in [2.75, 3.05) is 0 Å². The molecule has 3 rings (SSSR count). The maximum absolute atomic E-state index is 3.58. The van der Waals surface area contributed by atoms with Gasteiger partial charge in [-0.1, -0.05) is 105 Å². The average Bonchev–Trinajstić information content (AvgIpc) is 2.73. The van der Waals surface area contributed by atoms with Gasteiger partial charge in [0.25, 0.3) is 0 Å².